The van der Waals surface area contributed by atoms with Crippen LogP contribution in [0.15, 0.2) is 41.4 Å². The van der Waals surface area contributed by atoms with Gasteiger partial charge in [-0.3, -0.25) is 9.69 Å². The molecular weight excluding hydrogens is 344 g/mol. The van der Waals surface area contributed by atoms with Crippen molar-refractivity contribution in [2.75, 3.05) is 19.1 Å². The average Bonchev–Trinajstić information content (AvgIpc) is 3.11. The molecule has 0 aliphatic carbocycles. The molecule has 24 heavy (non-hydrogen) atoms. The van der Waals surface area contributed by atoms with Gasteiger partial charge in [0, 0.05) is 25.0 Å². The highest BCUT2D eigenvalue weighted by atomic mass is 32.2. The molecule has 0 bridgehead atoms. The van der Waals surface area contributed by atoms with Crippen LogP contribution in [0.25, 0.3) is 6.08 Å². The van der Waals surface area contributed by atoms with Crippen LogP contribution in [0.3, 0.4) is 0 Å². The number of carbonyl (C=O) groups excluding carboxylic acids is 1. The van der Waals surface area contributed by atoms with Crippen molar-refractivity contribution in [3.8, 4) is 11.5 Å². The van der Waals surface area contributed by atoms with Crippen LogP contribution >= 0.6 is 24.0 Å². The lowest BCUT2D eigenvalue weighted by molar-refractivity contribution is -0.113. The number of benzene rings is 1. The van der Waals surface area contributed by atoms with Gasteiger partial charge in [-0.15, -0.1) is 0 Å². The molecule has 7 heteroatoms. The van der Waals surface area contributed by atoms with E-state index in [9.17, 15) is 4.79 Å². The molecule has 1 aliphatic heterocycles. The molecule has 1 aromatic heterocycles. The summed E-state index contributed by atoms with van der Waals surface area (Å²) in [7, 11) is 5.06. The molecule has 0 N–H and O–H groups in total. The molecule has 2 heterocycles. The summed E-state index contributed by atoms with van der Waals surface area (Å²) >= 11 is 6.69. The first kappa shape index (κ1) is 16.6. The van der Waals surface area contributed by atoms with Crippen LogP contribution in [0.4, 0.5) is 5.69 Å². The van der Waals surface area contributed by atoms with Crippen LogP contribution in [0.2, 0.25) is 0 Å². The zero-order valence-electron chi connectivity index (χ0n) is 13.5. The van der Waals surface area contributed by atoms with E-state index in [-0.39, 0.29) is 5.91 Å². The van der Waals surface area contributed by atoms with Gasteiger partial charge in [-0.25, -0.2) is 0 Å². The summed E-state index contributed by atoms with van der Waals surface area (Å²) in [6.45, 7) is 0. The molecule has 124 valence electrons. The zero-order chi connectivity index (χ0) is 17.3. The van der Waals surface area contributed by atoms with Crippen molar-refractivity contribution in [1.82, 2.24) is 4.57 Å². The molecule has 1 aliphatic rings. The highest BCUT2D eigenvalue weighted by molar-refractivity contribution is 8.27. The fourth-order valence-electron chi connectivity index (χ4n) is 2.40. The minimum absolute atomic E-state index is 0.158. The molecule has 1 fully saturated rings. The molecule has 0 unspecified atom stereocenters. The number of thioether (sulfide) groups is 1. The molecule has 3 rings (SSSR count). The summed E-state index contributed by atoms with van der Waals surface area (Å²) in [5, 5.41) is 0. The molecular formula is C17H16N2O3S2. The van der Waals surface area contributed by atoms with Crippen molar-refractivity contribution in [1.29, 1.82) is 0 Å². The van der Waals surface area contributed by atoms with Crippen LogP contribution in [0.1, 0.15) is 5.69 Å². The quantitative estimate of drug-likeness (QED) is 0.617. The predicted molar refractivity (Wildman–Crippen MR) is 101 cm³/mol. The lowest BCUT2D eigenvalue weighted by Crippen LogP contribution is -2.27. The Bertz CT molecular complexity index is 842. The largest absolute Gasteiger partial charge is 0.497 e. The van der Waals surface area contributed by atoms with Crippen molar-refractivity contribution in [2.45, 2.75) is 0 Å². The Balaban J connectivity index is 1.98. The Morgan fingerprint density at radius 3 is 2.62 bits per heavy atom. The number of aromatic nitrogens is 1. The van der Waals surface area contributed by atoms with E-state index >= 15 is 0 Å². The number of amides is 1. The van der Waals surface area contributed by atoms with Gasteiger partial charge in [0.15, 0.2) is 4.32 Å². The first-order chi connectivity index (χ1) is 11.5. The SMILES string of the molecule is COc1ccc(N2C(=O)/C(=C/c3cccn3C)SC2=S)c(OC)c1. The summed E-state index contributed by atoms with van der Waals surface area (Å²) in [5.41, 5.74) is 1.55. The van der Waals surface area contributed by atoms with E-state index in [4.69, 9.17) is 21.7 Å². The van der Waals surface area contributed by atoms with Crippen LogP contribution in [0.5, 0.6) is 11.5 Å². The van der Waals surface area contributed by atoms with E-state index in [1.54, 1.807) is 32.4 Å². The second-order valence-electron chi connectivity index (χ2n) is 5.10. The van der Waals surface area contributed by atoms with Crippen LogP contribution < -0.4 is 14.4 Å². The summed E-state index contributed by atoms with van der Waals surface area (Å²) in [4.78, 5) is 14.9. The van der Waals surface area contributed by atoms with Gasteiger partial charge in [0.25, 0.3) is 5.91 Å². The third kappa shape index (κ3) is 2.92. The second kappa shape index (κ2) is 6.70. The lowest BCUT2D eigenvalue weighted by atomic mass is 10.2. The number of ether oxygens (including phenoxy) is 2. The van der Waals surface area contributed by atoms with E-state index in [0.717, 1.165) is 5.69 Å². The van der Waals surface area contributed by atoms with E-state index in [2.05, 4.69) is 0 Å². The third-order valence-corrected chi connectivity index (χ3v) is 4.99. The van der Waals surface area contributed by atoms with Gasteiger partial charge in [0.1, 0.15) is 11.5 Å². The van der Waals surface area contributed by atoms with E-state index in [1.165, 1.54) is 16.7 Å². The Hall–Kier alpha value is -2.25. The van der Waals surface area contributed by atoms with Crippen molar-refractivity contribution in [3.05, 3.63) is 47.1 Å². The molecule has 1 saturated heterocycles. The number of carbonyl (C=O) groups is 1. The van der Waals surface area contributed by atoms with Gasteiger partial charge in [-0.2, -0.15) is 0 Å². The number of rotatable bonds is 4. The highest BCUT2D eigenvalue weighted by Crippen LogP contribution is 2.41. The number of nitrogens with zero attached hydrogens (tertiary/aromatic N) is 2. The maximum Gasteiger partial charge on any atom is 0.270 e. The third-order valence-electron chi connectivity index (χ3n) is 3.68. The second-order valence-corrected chi connectivity index (χ2v) is 6.77. The predicted octanol–water partition coefficient (Wildman–Crippen LogP) is 3.45. The Labute approximate surface area is 149 Å². The van der Waals surface area contributed by atoms with Crippen LogP contribution in [-0.4, -0.2) is 29.0 Å². The minimum Gasteiger partial charge on any atom is -0.497 e. The first-order valence-corrected chi connectivity index (χ1v) is 8.39. The number of anilines is 1. The molecule has 2 aromatic rings. The van der Waals surface area contributed by atoms with E-state index < -0.39 is 0 Å². The summed E-state index contributed by atoms with van der Waals surface area (Å²) in [6.07, 6.45) is 3.77. The van der Waals surface area contributed by atoms with Gasteiger partial charge in [-0.1, -0.05) is 24.0 Å². The Kier molecular flexibility index (Phi) is 4.64. The van der Waals surface area contributed by atoms with E-state index in [1.807, 2.05) is 36.0 Å². The first-order valence-electron chi connectivity index (χ1n) is 7.16. The maximum atomic E-state index is 12.8. The van der Waals surface area contributed by atoms with Crippen molar-refractivity contribution in [2.24, 2.45) is 7.05 Å². The monoisotopic (exact) mass is 360 g/mol. The van der Waals surface area contributed by atoms with Gasteiger partial charge in [0.2, 0.25) is 0 Å². The number of methoxy groups -OCH3 is 2. The molecule has 0 spiro atoms. The smallest absolute Gasteiger partial charge is 0.270 e. The average molecular weight is 360 g/mol. The standard InChI is InChI=1S/C17H16N2O3S2/c1-18-8-4-5-11(18)9-15-16(20)19(17(23)24-15)13-7-6-12(21-2)10-14(13)22-3/h4-10H,1-3H3/b15-9-. The minimum atomic E-state index is -0.158. The number of aryl methyl sites for hydroxylation is 1. The van der Waals surface area contributed by atoms with Crippen LogP contribution in [-0.2, 0) is 11.8 Å². The zero-order valence-corrected chi connectivity index (χ0v) is 15.1. The number of hydrogen-bond acceptors (Lipinski definition) is 5. The van der Waals surface area contributed by atoms with E-state index in [0.29, 0.717) is 26.4 Å². The fourth-order valence-corrected chi connectivity index (χ4v) is 3.67. The highest BCUT2D eigenvalue weighted by Gasteiger charge is 2.35. The molecule has 0 atom stereocenters. The van der Waals surface area contributed by atoms with Crippen molar-refractivity contribution < 1.29 is 14.3 Å². The fraction of sp³-hybridized carbons (Fsp3) is 0.176. The molecule has 0 radical (unpaired) electrons. The van der Waals surface area contributed by atoms with Gasteiger partial charge in [0.05, 0.1) is 24.8 Å². The number of hydrogen-bond donors (Lipinski definition) is 0. The van der Waals surface area contributed by atoms with Crippen molar-refractivity contribution >= 4 is 46.0 Å². The van der Waals surface area contributed by atoms with Crippen LogP contribution in [0, 0.1) is 0 Å². The van der Waals surface area contributed by atoms with Gasteiger partial charge >= 0.3 is 0 Å². The molecule has 0 saturated carbocycles. The Morgan fingerprint density at radius 1 is 1.21 bits per heavy atom. The van der Waals surface area contributed by atoms with Gasteiger partial charge in [-0.05, 0) is 30.3 Å². The van der Waals surface area contributed by atoms with Crippen molar-refractivity contribution in [3.63, 3.8) is 0 Å². The summed E-state index contributed by atoms with van der Waals surface area (Å²) < 4.78 is 13.0. The Morgan fingerprint density at radius 2 is 2.00 bits per heavy atom. The number of thiocarbonyl (C=S) groups is 1. The summed E-state index contributed by atoms with van der Waals surface area (Å²) in [6, 6.07) is 9.15. The molecule has 1 amide bonds. The lowest BCUT2D eigenvalue weighted by Gasteiger charge is -2.18. The normalized spacial score (nSPS) is 16.1. The maximum absolute atomic E-state index is 12.8. The summed E-state index contributed by atoms with van der Waals surface area (Å²) in [5.74, 6) is 1.03. The molecule has 5 nitrogen and oxygen atoms in total. The van der Waals surface area contributed by atoms with Gasteiger partial charge < -0.3 is 14.0 Å². The molecule has 1 aromatic carbocycles. The topological polar surface area (TPSA) is 43.7 Å².